The quantitative estimate of drug-likeness (QED) is 0.843. The van der Waals surface area contributed by atoms with Gasteiger partial charge in [-0.3, -0.25) is 9.48 Å². The van der Waals surface area contributed by atoms with Crippen LogP contribution in [0.3, 0.4) is 0 Å². The van der Waals surface area contributed by atoms with Crippen LogP contribution in [0.1, 0.15) is 12.0 Å². The van der Waals surface area contributed by atoms with Gasteiger partial charge >= 0.3 is 0 Å². The SMILES string of the molecule is Cn1cc(C2=NN(c3ccccc3Cl)C(=O)C2)cn1. The average Bonchev–Trinajstić information content (AvgIpc) is 2.96. The van der Waals surface area contributed by atoms with E-state index in [-0.39, 0.29) is 12.3 Å². The van der Waals surface area contributed by atoms with Gasteiger partial charge < -0.3 is 0 Å². The van der Waals surface area contributed by atoms with Crippen molar-refractivity contribution in [3.8, 4) is 0 Å². The van der Waals surface area contributed by atoms with Gasteiger partial charge in [-0.1, -0.05) is 23.7 Å². The number of amides is 1. The van der Waals surface area contributed by atoms with Gasteiger partial charge in [-0.15, -0.1) is 0 Å². The van der Waals surface area contributed by atoms with Crippen LogP contribution >= 0.6 is 11.6 Å². The third-order valence-corrected chi connectivity index (χ3v) is 3.21. The highest BCUT2D eigenvalue weighted by atomic mass is 35.5. The zero-order valence-corrected chi connectivity index (χ0v) is 11.0. The highest BCUT2D eigenvalue weighted by molar-refractivity contribution is 6.34. The summed E-state index contributed by atoms with van der Waals surface area (Å²) >= 11 is 6.09. The van der Waals surface area contributed by atoms with Crippen LogP contribution in [0.2, 0.25) is 5.02 Å². The van der Waals surface area contributed by atoms with E-state index >= 15 is 0 Å². The number of benzene rings is 1. The molecule has 0 unspecified atom stereocenters. The van der Waals surface area contributed by atoms with Crippen LogP contribution < -0.4 is 5.01 Å². The van der Waals surface area contributed by atoms with E-state index in [2.05, 4.69) is 10.2 Å². The Kier molecular flexibility index (Phi) is 2.83. The molecular formula is C13H11ClN4O. The molecular weight excluding hydrogens is 264 g/mol. The number of hydrazone groups is 1. The molecule has 96 valence electrons. The van der Waals surface area contributed by atoms with Gasteiger partial charge in [-0.2, -0.15) is 15.2 Å². The molecule has 0 saturated heterocycles. The Bertz CT molecular complexity index is 677. The molecule has 0 atom stereocenters. The summed E-state index contributed by atoms with van der Waals surface area (Å²) in [4.78, 5) is 12.0. The molecule has 5 nitrogen and oxygen atoms in total. The van der Waals surface area contributed by atoms with Crippen LogP contribution in [0.5, 0.6) is 0 Å². The first-order valence-corrected chi connectivity index (χ1v) is 6.17. The topological polar surface area (TPSA) is 50.5 Å². The highest BCUT2D eigenvalue weighted by Gasteiger charge is 2.27. The summed E-state index contributed by atoms with van der Waals surface area (Å²) in [5.74, 6) is -0.0908. The monoisotopic (exact) mass is 274 g/mol. The van der Waals surface area contributed by atoms with Crippen LogP contribution in [-0.4, -0.2) is 21.4 Å². The number of nitrogens with zero attached hydrogens (tertiary/aromatic N) is 4. The maximum Gasteiger partial charge on any atom is 0.253 e. The van der Waals surface area contributed by atoms with Crippen LogP contribution in [0.25, 0.3) is 0 Å². The van der Waals surface area contributed by atoms with E-state index in [4.69, 9.17) is 11.6 Å². The van der Waals surface area contributed by atoms with E-state index in [1.54, 1.807) is 23.0 Å². The first-order valence-electron chi connectivity index (χ1n) is 5.79. The number of aryl methyl sites for hydroxylation is 1. The van der Waals surface area contributed by atoms with Crippen molar-refractivity contribution in [2.24, 2.45) is 12.1 Å². The average molecular weight is 275 g/mol. The lowest BCUT2D eigenvalue weighted by atomic mass is 10.1. The summed E-state index contributed by atoms with van der Waals surface area (Å²) in [6.07, 6.45) is 3.79. The van der Waals surface area contributed by atoms with Crippen LogP contribution in [0.4, 0.5) is 5.69 Å². The molecule has 19 heavy (non-hydrogen) atoms. The number of hydrogen-bond donors (Lipinski definition) is 0. The second-order valence-electron chi connectivity index (χ2n) is 4.28. The van der Waals surface area contributed by atoms with Gasteiger partial charge in [-0.05, 0) is 12.1 Å². The summed E-state index contributed by atoms with van der Waals surface area (Å²) < 4.78 is 1.68. The zero-order chi connectivity index (χ0) is 13.4. The zero-order valence-electron chi connectivity index (χ0n) is 10.2. The molecule has 3 rings (SSSR count). The van der Waals surface area contributed by atoms with Gasteiger partial charge in [0.1, 0.15) is 0 Å². The number of para-hydroxylation sites is 1. The summed E-state index contributed by atoms with van der Waals surface area (Å²) in [6.45, 7) is 0. The summed E-state index contributed by atoms with van der Waals surface area (Å²) in [5, 5.41) is 10.3. The maximum atomic E-state index is 12.0. The van der Waals surface area contributed by atoms with Gasteiger partial charge in [0.2, 0.25) is 0 Å². The summed E-state index contributed by atoms with van der Waals surface area (Å²) in [5.41, 5.74) is 2.16. The standard InChI is InChI=1S/C13H11ClN4O/c1-17-8-9(7-15-17)11-6-13(19)18(16-11)12-5-3-2-4-10(12)14/h2-5,7-8H,6H2,1H3. The lowest BCUT2D eigenvalue weighted by molar-refractivity contribution is -0.116. The number of rotatable bonds is 2. The summed E-state index contributed by atoms with van der Waals surface area (Å²) in [6, 6.07) is 7.15. The van der Waals surface area contributed by atoms with Crippen molar-refractivity contribution in [1.82, 2.24) is 9.78 Å². The molecule has 0 bridgehead atoms. The molecule has 0 radical (unpaired) electrons. The first-order chi connectivity index (χ1) is 9.15. The molecule has 2 heterocycles. The molecule has 1 aromatic carbocycles. The minimum atomic E-state index is -0.0908. The van der Waals surface area contributed by atoms with Gasteiger partial charge in [0.25, 0.3) is 5.91 Å². The third-order valence-electron chi connectivity index (χ3n) is 2.89. The Morgan fingerprint density at radius 2 is 2.11 bits per heavy atom. The van der Waals surface area contributed by atoms with Gasteiger partial charge in [-0.25, -0.2) is 0 Å². The van der Waals surface area contributed by atoms with E-state index < -0.39 is 0 Å². The summed E-state index contributed by atoms with van der Waals surface area (Å²) in [7, 11) is 1.83. The number of carbonyl (C=O) groups is 1. The van der Waals surface area contributed by atoms with Gasteiger partial charge in [0.15, 0.2) is 0 Å². The van der Waals surface area contributed by atoms with Crippen molar-refractivity contribution in [3.63, 3.8) is 0 Å². The first kappa shape index (κ1) is 11.9. The minimum absolute atomic E-state index is 0.0908. The molecule has 0 aliphatic carbocycles. The molecule has 1 amide bonds. The fourth-order valence-electron chi connectivity index (χ4n) is 1.97. The third kappa shape index (κ3) is 2.13. The normalized spacial score (nSPS) is 14.9. The molecule has 1 aliphatic heterocycles. The maximum absolute atomic E-state index is 12.0. The van der Waals surface area contributed by atoms with Crippen LogP contribution in [0, 0.1) is 0 Å². The van der Waals surface area contributed by atoms with Crippen molar-refractivity contribution >= 4 is 28.9 Å². The van der Waals surface area contributed by atoms with Crippen molar-refractivity contribution in [2.45, 2.75) is 6.42 Å². The van der Waals surface area contributed by atoms with E-state index in [1.165, 1.54) is 5.01 Å². The van der Waals surface area contributed by atoms with Gasteiger partial charge in [0, 0.05) is 18.8 Å². The second-order valence-corrected chi connectivity index (χ2v) is 4.69. The second kappa shape index (κ2) is 4.51. The molecule has 1 aliphatic rings. The van der Waals surface area contributed by atoms with Crippen molar-refractivity contribution in [2.75, 3.05) is 5.01 Å². The number of hydrogen-bond acceptors (Lipinski definition) is 3. The highest BCUT2D eigenvalue weighted by Crippen LogP contribution is 2.29. The molecule has 1 aromatic heterocycles. The largest absolute Gasteiger partial charge is 0.275 e. The van der Waals surface area contributed by atoms with E-state index in [9.17, 15) is 4.79 Å². The molecule has 2 aromatic rings. The molecule has 0 saturated carbocycles. The van der Waals surface area contributed by atoms with E-state index in [0.717, 1.165) is 5.56 Å². The lowest BCUT2D eigenvalue weighted by Gasteiger charge is -2.12. The van der Waals surface area contributed by atoms with E-state index in [0.29, 0.717) is 16.4 Å². The number of anilines is 1. The Morgan fingerprint density at radius 3 is 2.79 bits per heavy atom. The van der Waals surface area contributed by atoms with Crippen molar-refractivity contribution in [3.05, 3.63) is 47.2 Å². The Hall–Kier alpha value is -2.14. The number of aromatic nitrogens is 2. The van der Waals surface area contributed by atoms with Crippen molar-refractivity contribution in [1.29, 1.82) is 0 Å². The molecule has 0 N–H and O–H groups in total. The molecule has 6 heteroatoms. The Labute approximate surface area is 115 Å². The molecule has 0 spiro atoms. The fraction of sp³-hybridized carbons (Fsp3) is 0.154. The van der Waals surface area contributed by atoms with Crippen LogP contribution in [-0.2, 0) is 11.8 Å². The van der Waals surface area contributed by atoms with Crippen molar-refractivity contribution < 1.29 is 4.79 Å². The molecule has 0 fully saturated rings. The predicted molar refractivity (Wildman–Crippen MR) is 73.3 cm³/mol. The number of carbonyl (C=O) groups excluding carboxylic acids is 1. The fourth-order valence-corrected chi connectivity index (χ4v) is 2.19. The minimum Gasteiger partial charge on any atom is -0.275 e. The Balaban J connectivity index is 1.98. The van der Waals surface area contributed by atoms with Crippen LogP contribution in [0.15, 0.2) is 41.8 Å². The van der Waals surface area contributed by atoms with Gasteiger partial charge in [0.05, 0.1) is 29.0 Å². The Morgan fingerprint density at radius 1 is 1.32 bits per heavy atom. The number of halogens is 1. The van der Waals surface area contributed by atoms with E-state index in [1.807, 2.05) is 25.4 Å². The smallest absolute Gasteiger partial charge is 0.253 e. The predicted octanol–water partition coefficient (Wildman–Crippen LogP) is 2.21. The lowest BCUT2D eigenvalue weighted by Crippen LogP contribution is -2.19.